The summed E-state index contributed by atoms with van der Waals surface area (Å²) in [5.74, 6) is -0.822. The van der Waals surface area contributed by atoms with Gasteiger partial charge in [0.1, 0.15) is 28.5 Å². The fourth-order valence-corrected chi connectivity index (χ4v) is 4.40. The molecule has 2 amide bonds. The van der Waals surface area contributed by atoms with Gasteiger partial charge in [0.25, 0.3) is 5.91 Å². The molecule has 3 aromatic rings. The maximum absolute atomic E-state index is 13.5. The summed E-state index contributed by atoms with van der Waals surface area (Å²) in [5, 5.41) is 9.01. The van der Waals surface area contributed by atoms with Gasteiger partial charge in [-0.3, -0.25) is 9.48 Å². The SMILES string of the molecule is CC(C)(C)OC(=O)N1CCC[C@H](n2nc(-c3cnn(Cc4cccc(F)c4)c3)c(C(N)=O)c2N)CC1. The molecule has 0 radical (unpaired) electrons. The van der Waals surface area contributed by atoms with E-state index in [1.54, 1.807) is 38.8 Å². The Morgan fingerprint density at radius 1 is 1.22 bits per heavy atom. The van der Waals surface area contributed by atoms with Crippen LogP contribution in [0.4, 0.5) is 15.0 Å². The molecule has 1 saturated heterocycles. The number of carbonyl (C=O) groups is 2. The van der Waals surface area contributed by atoms with Crippen molar-refractivity contribution < 1.29 is 18.7 Å². The first-order valence-electron chi connectivity index (χ1n) is 11.9. The molecule has 3 heterocycles. The Morgan fingerprint density at radius 2 is 2.00 bits per heavy atom. The van der Waals surface area contributed by atoms with Crippen LogP contribution in [-0.4, -0.2) is 55.2 Å². The number of anilines is 1. The molecule has 1 aliphatic rings. The lowest BCUT2D eigenvalue weighted by atomic mass is 10.1. The highest BCUT2D eigenvalue weighted by Gasteiger charge is 2.30. The molecule has 1 atom stereocenters. The number of benzene rings is 1. The first-order valence-corrected chi connectivity index (χ1v) is 11.9. The lowest BCUT2D eigenvalue weighted by Gasteiger charge is -2.26. The van der Waals surface area contributed by atoms with Gasteiger partial charge in [-0.25, -0.2) is 13.9 Å². The van der Waals surface area contributed by atoms with Gasteiger partial charge in [0.2, 0.25) is 0 Å². The average Bonchev–Trinajstić information content (AvgIpc) is 3.28. The number of amides is 2. The average molecular weight is 498 g/mol. The van der Waals surface area contributed by atoms with E-state index in [9.17, 15) is 14.0 Å². The summed E-state index contributed by atoms with van der Waals surface area (Å²) in [5.41, 5.74) is 13.3. The molecule has 36 heavy (non-hydrogen) atoms. The van der Waals surface area contributed by atoms with E-state index in [2.05, 4.69) is 10.2 Å². The van der Waals surface area contributed by atoms with Crippen molar-refractivity contribution in [2.24, 2.45) is 5.73 Å². The van der Waals surface area contributed by atoms with Crippen molar-refractivity contribution in [2.45, 2.75) is 58.2 Å². The number of hydrogen-bond donors (Lipinski definition) is 2. The van der Waals surface area contributed by atoms with Crippen molar-refractivity contribution in [3.8, 4) is 11.3 Å². The smallest absolute Gasteiger partial charge is 0.410 e. The number of likely N-dealkylation sites (tertiary alicyclic amines) is 1. The number of nitrogens with zero attached hydrogens (tertiary/aromatic N) is 5. The molecular weight excluding hydrogens is 465 g/mol. The van der Waals surface area contributed by atoms with E-state index in [1.807, 2.05) is 20.8 Å². The monoisotopic (exact) mass is 497 g/mol. The van der Waals surface area contributed by atoms with E-state index in [1.165, 1.54) is 12.1 Å². The Kier molecular flexibility index (Phi) is 7.00. The van der Waals surface area contributed by atoms with Crippen molar-refractivity contribution in [3.05, 3.63) is 53.6 Å². The highest BCUT2D eigenvalue weighted by atomic mass is 19.1. The van der Waals surface area contributed by atoms with Crippen molar-refractivity contribution in [3.63, 3.8) is 0 Å². The molecule has 11 heteroatoms. The normalized spacial score (nSPS) is 16.6. The van der Waals surface area contributed by atoms with Crippen molar-refractivity contribution in [1.82, 2.24) is 24.5 Å². The van der Waals surface area contributed by atoms with Crippen LogP contribution >= 0.6 is 0 Å². The highest BCUT2D eigenvalue weighted by molar-refractivity contribution is 6.03. The van der Waals surface area contributed by atoms with E-state index in [0.717, 1.165) is 18.4 Å². The Morgan fingerprint density at radius 3 is 2.69 bits per heavy atom. The van der Waals surface area contributed by atoms with Crippen molar-refractivity contribution >= 4 is 17.8 Å². The largest absolute Gasteiger partial charge is 0.444 e. The van der Waals surface area contributed by atoms with Gasteiger partial charge in [-0.15, -0.1) is 0 Å². The van der Waals surface area contributed by atoms with Gasteiger partial charge < -0.3 is 21.1 Å². The Labute approximate surface area is 209 Å². The Balaban J connectivity index is 1.56. The van der Waals surface area contributed by atoms with Crippen molar-refractivity contribution in [2.75, 3.05) is 18.8 Å². The second-order valence-electron chi connectivity index (χ2n) is 10.0. The predicted octanol–water partition coefficient (Wildman–Crippen LogP) is 3.58. The molecule has 0 saturated carbocycles. The van der Waals surface area contributed by atoms with E-state index >= 15 is 0 Å². The number of rotatable bonds is 5. The van der Waals surface area contributed by atoms with Gasteiger partial charge in [0.15, 0.2) is 0 Å². The van der Waals surface area contributed by atoms with Crippen LogP contribution in [0.2, 0.25) is 0 Å². The molecule has 1 aliphatic heterocycles. The summed E-state index contributed by atoms with van der Waals surface area (Å²) >= 11 is 0. The lowest BCUT2D eigenvalue weighted by Crippen LogP contribution is -2.37. The number of ether oxygens (including phenoxy) is 1. The Hall–Kier alpha value is -3.89. The van der Waals surface area contributed by atoms with Gasteiger partial charge in [0, 0.05) is 24.8 Å². The third-order valence-electron chi connectivity index (χ3n) is 6.03. The standard InChI is InChI=1S/C25H32FN7O3/c1-25(2,3)36-24(35)31-10-5-8-19(9-11-31)33-22(27)20(23(28)34)21(30-33)17-13-29-32(15-17)14-16-6-4-7-18(26)12-16/h4,6-7,12-13,15,19H,5,8-11,14,27H2,1-3H3,(H2,28,34)/t19-/m0/s1. The first kappa shape index (κ1) is 25.2. The van der Waals surface area contributed by atoms with Crippen LogP contribution in [0.5, 0.6) is 0 Å². The molecule has 10 nitrogen and oxygen atoms in total. The van der Waals surface area contributed by atoms with Gasteiger partial charge >= 0.3 is 6.09 Å². The molecular formula is C25H32FN7O3. The number of primary amides is 1. The fraction of sp³-hybridized carbons (Fsp3) is 0.440. The quantitative estimate of drug-likeness (QED) is 0.553. The second-order valence-corrected chi connectivity index (χ2v) is 10.0. The number of hydrogen-bond acceptors (Lipinski definition) is 6. The van der Waals surface area contributed by atoms with Crippen LogP contribution in [0.15, 0.2) is 36.7 Å². The van der Waals surface area contributed by atoms with Crippen LogP contribution in [-0.2, 0) is 11.3 Å². The van der Waals surface area contributed by atoms with Crippen LogP contribution in [0.1, 0.15) is 62.0 Å². The predicted molar refractivity (Wildman–Crippen MR) is 133 cm³/mol. The maximum atomic E-state index is 13.5. The number of nitrogen functional groups attached to an aromatic ring is 1. The van der Waals surface area contributed by atoms with Gasteiger partial charge in [0.05, 0.1) is 18.8 Å². The van der Waals surface area contributed by atoms with Crippen LogP contribution in [0, 0.1) is 5.82 Å². The number of aromatic nitrogens is 4. The number of carbonyl (C=O) groups excluding carboxylic acids is 2. The minimum absolute atomic E-state index is 0.119. The number of nitrogens with two attached hydrogens (primary N) is 2. The molecule has 0 spiro atoms. The molecule has 0 unspecified atom stereocenters. The summed E-state index contributed by atoms with van der Waals surface area (Å²) in [4.78, 5) is 26.6. The molecule has 0 bridgehead atoms. The zero-order valence-corrected chi connectivity index (χ0v) is 20.8. The summed E-state index contributed by atoms with van der Waals surface area (Å²) < 4.78 is 22.3. The Bertz CT molecular complexity index is 1260. The third kappa shape index (κ3) is 5.67. The molecule has 1 fully saturated rings. The van der Waals surface area contributed by atoms with Gasteiger partial charge in [-0.05, 0) is 57.7 Å². The summed E-state index contributed by atoms with van der Waals surface area (Å²) in [7, 11) is 0. The van der Waals surface area contributed by atoms with Crippen LogP contribution < -0.4 is 11.5 Å². The minimum atomic E-state index is -0.685. The van der Waals surface area contributed by atoms with E-state index < -0.39 is 11.5 Å². The summed E-state index contributed by atoms with van der Waals surface area (Å²) in [6.07, 6.45) is 5.01. The van der Waals surface area contributed by atoms with Gasteiger partial charge in [-0.2, -0.15) is 10.2 Å². The fourth-order valence-electron chi connectivity index (χ4n) is 4.40. The lowest BCUT2D eigenvalue weighted by molar-refractivity contribution is 0.0255. The molecule has 2 aromatic heterocycles. The van der Waals surface area contributed by atoms with Crippen molar-refractivity contribution in [1.29, 1.82) is 0 Å². The molecule has 1 aromatic carbocycles. The maximum Gasteiger partial charge on any atom is 0.410 e. The molecule has 4 rings (SSSR count). The number of halogens is 1. The molecule has 192 valence electrons. The topological polar surface area (TPSA) is 134 Å². The van der Waals surface area contributed by atoms with Gasteiger partial charge in [-0.1, -0.05) is 12.1 Å². The van der Waals surface area contributed by atoms with E-state index in [4.69, 9.17) is 16.2 Å². The molecule has 0 aliphatic carbocycles. The first-order chi connectivity index (χ1) is 17.0. The molecule has 4 N–H and O–H groups in total. The van der Waals surface area contributed by atoms with Crippen LogP contribution in [0.3, 0.4) is 0 Å². The van der Waals surface area contributed by atoms with E-state index in [0.29, 0.717) is 37.3 Å². The second kappa shape index (κ2) is 10.00. The zero-order chi connectivity index (χ0) is 26.0. The van der Waals surface area contributed by atoms with E-state index in [-0.39, 0.29) is 29.3 Å². The summed E-state index contributed by atoms with van der Waals surface area (Å²) in [6, 6.07) is 6.15. The highest BCUT2D eigenvalue weighted by Crippen LogP contribution is 2.32. The van der Waals surface area contributed by atoms with Crippen LogP contribution in [0.25, 0.3) is 11.3 Å². The summed E-state index contributed by atoms with van der Waals surface area (Å²) in [6.45, 7) is 6.90. The zero-order valence-electron chi connectivity index (χ0n) is 20.8. The minimum Gasteiger partial charge on any atom is -0.444 e. The third-order valence-corrected chi connectivity index (χ3v) is 6.03.